The highest BCUT2D eigenvalue weighted by atomic mass is 127. The molecule has 0 saturated heterocycles. The molecule has 1 aliphatic rings. The number of nitrogens with zero attached hydrogens (tertiary/aromatic N) is 2. The highest BCUT2D eigenvalue weighted by molar-refractivity contribution is 14.0. The molecule has 31 heavy (non-hydrogen) atoms. The first-order valence-corrected chi connectivity index (χ1v) is 10.4. The van der Waals surface area contributed by atoms with Crippen molar-refractivity contribution in [2.75, 3.05) is 26.4 Å². The first-order chi connectivity index (χ1) is 14.6. The summed E-state index contributed by atoms with van der Waals surface area (Å²) in [5.74, 6) is 2.34. The van der Waals surface area contributed by atoms with Gasteiger partial charge in [-0.3, -0.25) is 4.79 Å². The van der Waals surface area contributed by atoms with E-state index in [1.54, 1.807) is 0 Å². The molecule has 2 aromatic rings. The predicted molar refractivity (Wildman–Crippen MR) is 133 cm³/mol. The number of guanidine groups is 1. The second-order valence-corrected chi connectivity index (χ2v) is 6.91. The van der Waals surface area contributed by atoms with Gasteiger partial charge in [-0.15, -0.1) is 24.0 Å². The highest BCUT2D eigenvalue weighted by Crippen LogP contribution is 2.32. The SMILES string of the molecule is CCNC(=NCc1ccc2c(c1)OCO2)NCc1ccc(C(=O)N(CC)CC)cc1.I. The van der Waals surface area contributed by atoms with E-state index >= 15 is 0 Å². The van der Waals surface area contributed by atoms with E-state index in [0.29, 0.717) is 31.7 Å². The summed E-state index contributed by atoms with van der Waals surface area (Å²) in [4.78, 5) is 18.9. The van der Waals surface area contributed by atoms with Gasteiger partial charge in [-0.2, -0.15) is 0 Å². The maximum Gasteiger partial charge on any atom is 0.253 e. The molecule has 1 heterocycles. The van der Waals surface area contributed by atoms with E-state index in [0.717, 1.165) is 35.1 Å². The standard InChI is InChI=1S/C23H30N4O3.HI/c1-4-24-23(26-15-18-9-12-20-21(13-18)30-16-29-20)25-14-17-7-10-19(11-8-17)22(28)27(5-2)6-3;/h7-13H,4-6,14-16H2,1-3H3,(H2,24,25,26);1H. The number of carbonyl (C=O) groups is 1. The van der Waals surface area contributed by atoms with Crippen molar-refractivity contribution in [3.05, 3.63) is 59.2 Å². The van der Waals surface area contributed by atoms with Gasteiger partial charge in [0, 0.05) is 31.7 Å². The lowest BCUT2D eigenvalue weighted by atomic mass is 10.1. The second-order valence-electron chi connectivity index (χ2n) is 6.91. The predicted octanol–water partition coefficient (Wildman–Crippen LogP) is 3.77. The fraction of sp³-hybridized carbons (Fsp3) is 0.391. The Morgan fingerprint density at radius 3 is 2.32 bits per heavy atom. The van der Waals surface area contributed by atoms with Crippen LogP contribution in [0, 0.1) is 0 Å². The summed E-state index contributed by atoms with van der Waals surface area (Å²) in [6.45, 7) is 9.63. The molecule has 0 unspecified atom stereocenters. The number of carbonyl (C=O) groups excluding carboxylic acids is 1. The van der Waals surface area contributed by atoms with Gasteiger partial charge in [0.05, 0.1) is 6.54 Å². The Hall–Kier alpha value is -2.49. The van der Waals surface area contributed by atoms with Crippen LogP contribution in [-0.2, 0) is 13.1 Å². The number of fused-ring (bicyclic) bond motifs is 1. The van der Waals surface area contributed by atoms with Gasteiger partial charge in [-0.25, -0.2) is 4.99 Å². The molecule has 0 saturated carbocycles. The van der Waals surface area contributed by atoms with E-state index in [9.17, 15) is 4.79 Å². The molecule has 3 rings (SSSR count). The van der Waals surface area contributed by atoms with Crippen LogP contribution in [0.15, 0.2) is 47.5 Å². The molecule has 0 radical (unpaired) electrons. The van der Waals surface area contributed by atoms with Crippen molar-refractivity contribution in [1.82, 2.24) is 15.5 Å². The Kier molecular flexibility index (Phi) is 9.90. The molecule has 0 fully saturated rings. The van der Waals surface area contributed by atoms with Crippen molar-refractivity contribution in [2.24, 2.45) is 4.99 Å². The summed E-state index contributed by atoms with van der Waals surface area (Å²) in [6, 6.07) is 13.6. The number of ether oxygens (including phenoxy) is 2. The molecule has 0 atom stereocenters. The topological polar surface area (TPSA) is 75.2 Å². The zero-order valence-electron chi connectivity index (χ0n) is 18.3. The zero-order valence-corrected chi connectivity index (χ0v) is 20.6. The first kappa shape index (κ1) is 24.8. The van der Waals surface area contributed by atoms with Gasteiger partial charge in [-0.1, -0.05) is 18.2 Å². The summed E-state index contributed by atoms with van der Waals surface area (Å²) in [6.07, 6.45) is 0. The van der Waals surface area contributed by atoms with Crippen LogP contribution < -0.4 is 20.1 Å². The average molecular weight is 538 g/mol. The third-order valence-electron chi connectivity index (χ3n) is 4.91. The van der Waals surface area contributed by atoms with Crippen LogP contribution in [0.4, 0.5) is 0 Å². The average Bonchev–Trinajstić information content (AvgIpc) is 3.24. The second kappa shape index (κ2) is 12.4. The molecule has 1 amide bonds. The Labute approximate surface area is 201 Å². The minimum atomic E-state index is 0. The van der Waals surface area contributed by atoms with Gasteiger partial charge in [-0.05, 0) is 56.2 Å². The fourth-order valence-corrected chi connectivity index (χ4v) is 3.20. The number of amides is 1. The Morgan fingerprint density at radius 1 is 0.968 bits per heavy atom. The lowest BCUT2D eigenvalue weighted by molar-refractivity contribution is 0.0773. The fourth-order valence-electron chi connectivity index (χ4n) is 3.20. The van der Waals surface area contributed by atoms with Gasteiger partial charge in [0.2, 0.25) is 6.79 Å². The molecule has 2 N–H and O–H groups in total. The van der Waals surface area contributed by atoms with Crippen molar-refractivity contribution in [3.8, 4) is 11.5 Å². The normalized spacial score (nSPS) is 12.2. The Morgan fingerprint density at radius 2 is 1.65 bits per heavy atom. The molecule has 0 aliphatic carbocycles. The van der Waals surface area contributed by atoms with Gasteiger partial charge < -0.3 is 25.0 Å². The molecule has 0 spiro atoms. The molecule has 2 aromatic carbocycles. The monoisotopic (exact) mass is 538 g/mol. The first-order valence-electron chi connectivity index (χ1n) is 10.4. The zero-order chi connectivity index (χ0) is 21.3. The number of aliphatic imine (C=N–C) groups is 1. The molecule has 168 valence electrons. The van der Waals surface area contributed by atoms with Gasteiger partial charge >= 0.3 is 0 Å². The molecular weight excluding hydrogens is 507 g/mol. The van der Waals surface area contributed by atoms with Crippen LogP contribution in [0.5, 0.6) is 11.5 Å². The van der Waals surface area contributed by atoms with E-state index in [4.69, 9.17) is 9.47 Å². The third kappa shape index (κ3) is 6.75. The number of halogens is 1. The molecule has 0 bridgehead atoms. The minimum absolute atomic E-state index is 0. The summed E-state index contributed by atoms with van der Waals surface area (Å²) >= 11 is 0. The molecule has 0 aromatic heterocycles. The third-order valence-corrected chi connectivity index (χ3v) is 4.91. The van der Waals surface area contributed by atoms with E-state index < -0.39 is 0 Å². The lowest BCUT2D eigenvalue weighted by Gasteiger charge is -2.18. The maximum atomic E-state index is 12.4. The molecular formula is C23H31IN4O3. The number of nitrogens with one attached hydrogen (secondary N) is 2. The van der Waals surface area contributed by atoms with Gasteiger partial charge in [0.25, 0.3) is 5.91 Å². The van der Waals surface area contributed by atoms with Crippen molar-refractivity contribution in [3.63, 3.8) is 0 Å². The highest BCUT2D eigenvalue weighted by Gasteiger charge is 2.13. The van der Waals surface area contributed by atoms with Crippen molar-refractivity contribution in [2.45, 2.75) is 33.9 Å². The van der Waals surface area contributed by atoms with E-state index in [1.807, 2.05) is 68.1 Å². The van der Waals surface area contributed by atoms with Gasteiger partial charge in [0.1, 0.15) is 0 Å². The molecule has 1 aliphatic heterocycles. The lowest BCUT2D eigenvalue weighted by Crippen LogP contribution is -2.36. The van der Waals surface area contributed by atoms with E-state index in [2.05, 4.69) is 15.6 Å². The summed E-state index contributed by atoms with van der Waals surface area (Å²) in [5.41, 5.74) is 2.85. The summed E-state index contributed by atoms with van der Waals surface area (Å²) < 4.78 is 10.8. The van der Waals surface area contributed by atoms with Crippen molar-refractivity contribution >= 4 is 35.8 Å². The minimum Gasteiger partial charge on any atom is -0.454 e. The molecule has 7 nitrogen and oxygen atoms in total. The van der Waals surface area contributed by atoms with E-state index in [-0.39, 0.29) is 36.7 Å². The summed E-state index contributed by atoms with van der Waals surface area (Å²) in [7, 11) is 0. The van der Waals surface area contributed by atoms with E-state index in [1.165, 1.54) is 0 Å². The maximum absolute atomic E-state index is 12.4. The van der Waals surface area contributed by atoms with Crippen LogP contribution >= 0.6 is 24.0 Å². The van der Waals surface area contributed by atoms with Crippen LogP contribution in [0.3, 0.4) is 0 Å². The smallest absolute Gasteiger partial charge is 0.253 e. The molecule has 8 heteroatoms. The van der Waals surface area contributed by atoms with Crippen LogP contribution in [0.2, 0.25) is 0 Å². The number of hydrogen-bond donors (Lipinski definition) is 2. The van der Waals surface area contributed by atoms with Crippen LogP contribution in [0.25, 0.3) is 0 Å². The Balaban J connectivity index is 0.00000341. The van der Waals surface area contributed by atoms with Crippen molar-refractivity contribution in [1.29, 1.82) is 0 Å². The number of rotatable bonds is 8. The van der Waals surface area contributed by atoms with Crippen molar-refractivity contribution < 1.29 is 14.3 Å². The quantitative estimate of drug-likeness (QED) is 0.304. The largest absolute Gasteiger partial charge is 0.454 e. The van der Waals surface area contributed by atoms with Crippen LogP contribution in [-0.4, -0.2) is 43.2 Å². The van der Waals surface area contributed by atoms with Crippen LogP contribution in [0.1, 0.15) is 42.3 Å². The van der Waals surface area contributed by atoms with Gasteiger partial charge in [0.15, 0.2) is 17.5 Å². The number of benzene rings is 2. The summed E-state index contributed by atoms with van der Waals surface area (Å²) in [5, 5.41) is 6.60. The Bertz CT molecular complexity index is 883. The number of hydrogen-bond acceptors (Lipinski definition) is 4.